The standard InChI is InChI=1S/C24H31N3O2/c1-4-6-8-9-15-27-23(28)21(19(3)22(18-25)24(27)29)11-10-20-12-16-26(17-13-20)14-7-5-2/h10-13,16-17H,4-9,14-15H2,1-3H3/b21-11-. The lowest BCUT2D eigenvalue weighted by Gasteiger charge is -2.27. The van der Waals surface area contributed by atoms with Crippen LogP contribution in [0.1, 0.15) is 59.3 Å². The van der Waals surface area contributed by atoms with Crippen molar-refractivity contribution in [1.82, 2.24) is 9.80 Å². The second-order valence-electron chi connectivity index (χ2n) is 7.40. The fraction of sp³-hybridized carbons (Fsp3) is 0.458. The van der Waals surface area contributed by atoms with Gasteiger partial charge in [0, 0.05) is 31.1 Å². The minimum atomic E-state index is -0.472. The third-order valence-corrected chi connectivity index (χ3v) is 5.19. The van der Waals surface area contributed by atoms with Gasteiger partial charge >= 0.3 is 0 Å². The highest BCUT2D eigenvalue weighted by Gasteiger charge is 2.34. The Bertz CT molecular complexity index is 806. The van der Waals surface area contributed by atoms with Gasteiger partial charge in [0.1, 0.15) is 11.6 Å². The van der Waals surface area contributed by atoms with Crippen molar-refractivity contribution >= 4 is 11.8 Å². The summed E-state index contributed by atoms with van der Waals surface area (Å²) in [5.41, 5.74) is 1.90. The van der Waals surface area contributed by atoms with Gasteiger partial charge < -0.3 is 4.90 Å². The van der Waals surface area contributed by atoms with Crippen LogP contribution in [0.2, 0.25) is 0 Å². The highest BCUT2D eigenvalue weighted by Crippen LogP contribution is 2.26. The Morgan fingerprint density at radius 3 is 2.24 bits per heavy atom. The SMILES string of the molecule is CCCCCCN1C(=O)C(C#N)=C(C)/C(=C/C=C2C=CN(CCCC)C=C2)C1=O. The summed E-state index contributed by atoms with van der Waals surface area (Å²) in [6.07, 6.45) is 17.8. The highest BCUT2D eigenvalue weighted by molar-refractivity contribution is 6.18. The lowest BCUT2D eigenvalue weighted by atomic mass is 9.94. The molecule has 2 rings (SSSR count). The number of nitrogens with zero attached hydrogens (tertiary/aromatic N) is 3. The molecule has 154 valence electrons. The molecule has 5 heteroatoms. The predicted octanol–water partition coefficient (Wildman–Crippen LogP) is 4.77. The number of amides is 2. The van der Waals surface area contributed by atoms with Crippen LogP contribution in [-0.4, -0.2) is 34.7 Å². The van der Waals surface area contributed by atoms with E-state index in [1.165, 1.54) is 4.90 Å². The molecular weight excluding hydrogens is 362 g/mol. The van der Waals surface area contributed by atoms with Crippen LogP contribution in [0.5, 0.6) is 0 Å². The highest BCUT2D eigenvalue weighted by atomic mass is 16.2. The molecule has 2 heterocycles. The third-order valence-electron chi connectivity index (χ3n) is 5.19. The van der Waals surface area contributed by atoms with E-state index in [1.807, 2.05) is 36.7 Å². The maximum Gasteiger partial charge on any atom is 0.271 e. The molecule has 0 atom stereocenters. The smallest absolute Gasteiger partial charge is 0.271 e. The summed E-state index contributed by atoms with van der Waals surface area (Å²) in [6, 6.07) is 1.99. The summed E-state index contributed by atoms with van der Waals surface area (Å²) in [5, 5.41) is 9.44. The molecule has 0 saturated heterocycles. The number of allylic oxidation sites excluding steroid dienone is 5. The first kappa shape index (κ1) is 22.4. The summed E-state index contributed by atoms with van der Waals surface area (Å²) in [6.45, 7) is 7.29. The molecule has 0 aliphatic carbocycles. The van der Waals surface area contributed by atoms with E-state index in [-0.39, 0.29) is 11.5 Å². The predicted molar refractivity (Wildman–Crippen MR) is 115 cm³/mol. The van der Waals surface area contributed by atoms with Gasteiger partial charge in [-0.2, -0.15) is 5.26 Å². The van der Waals surface area contributed by atoms with E-state index in [0.29, 0.717) is 17.7 Å². The molecule has 2 amide bonds. The van der Waals surface area contributed by atoms with Crippen LogP contribution >= 0.6 is 0 Å². The van der Waals surface area contributed by atoms with Crippen LogP contribution in [0.3, 0.4) is 0 Å². The monoisotopic (exact) mass is 393 g/mol. The second-order valence-corrected chi connectivity index (χ2v) is 7.40. The lowest BCUT2D eigenvalue weighted by molar-refractivity contribution is -0.140. The minimum absolute atomic E-state index is 0.0604. The molecule has 2 aliphatic rings. The Labute approximate surface area is 174 Å². The van der Waals surface area contributed by atoms with Gasteiger partial charge in [-0.15, -0.1) is 0 Å². The molecule has 5 nitrogen and oxygen atoms in total. The quantitative estimate of drug-likeness (QED) is 0.321. The van der Waals surface area contributed by atoms with E-state index < -0.39 is 5.91 Å². The lowest BCUT2D eigenvalue weighted by Crippen LogP contribution is -2.43. The molecule has 0 aromatic rings. The van der Waals surface area contributed by atoms with Crippen molar-refractivity contribution in [3.05, 3.63) is 59.0 Å². The van der Waals surface area contributed by atoms with Gasteiger partial charge in [-0.3, -0.25) is 14.5 Å². The van der Waals surface area contributed by atoms with E-state index in [1.54, 1.807) is 13.0 Å². The van der Waals surface area contributed by atoms with Gasteiger partial charge in [-0.25, -0.2) is 0 Å². The molecule has 2 aliphatic heterocycles. The summed E-state index contributed by atoms with van der Waals surface area (Å²) in [5.74, 6) is -0.784. The zero-order chi connectivity index (χ0) is 21.2. The van der Waals surface area contributed by atoms with Crippen LogP contribution < -0.4 is 0 Å². The largest absolute Gasteiger partial charge is 0.354 e. The van der Waals surface area contributed by atoms with Crippen molar-refractivity contribution < 1.29 is 9.59 Å². The Morgan fingerprint density at radius 2 is 1.62 bits per heavy atom. The van der Waals surface area contributed by atoms with Crippen LogP contribution in [0.15, 0.2) is 59.0 Å². The number of nitriles is 1. The van der Waals surface area contributed by atoms with E-state index in [2.05, 4.69) is 18.7 Å². The van der Waals surface area contributed by atoms with Gasteiger partial charge in [0.05, 0.1) is 0 Å². The average Bonchev–Trinajstić information content (AvgIpc) is 2.72. The van der Waals surface area contributed by atoms with Crippen molar-refractivity contribution in [2.75, 3.05) is 13.1 Å². The van der Waals surface area contributed by atoms with Gasteiger partial charge in [0.25, 0.3) is 11.8 Å². The maximum absolute atomic E-state index is 12.9. The third kappa shape index (κ3) is 5.80. The molecule has 0 radical (unpaired) electrons. The summed E-state index contributed by atoms with van der Waals surface area (Å²) >= 11 is 0. The Morgan fingerprint density at radius 1 is 0.931 bits per heavy atom. The number of carbonyl (C=O) groups excluding carboxylic acids is 2. The fourth-order valence-corrected chi connectivity index (χ4v) is 3.31. The summed E-state index contributed by atoms with van der Waals surface area (Å²) in [7, 11) is 0. The average molecular weight is 394 g/mol. The molecule has 0 spiro atoms. The normalized spacial score (nSPS) is 18.1. The number of imide groups is 1. The number of unbranched alkanes of at least 4 members (excludes halogenated alkanes) is 4. The van der Waals surface area contributed by atoms with Crippen molar-refractivity contribution in [3.63, 3.8) is 0 Å². The van der Waals surface area contributed by atoms with Crippen molar-refractivity contribution in [2.45, 2.75) is 59.3 Å². The zero-order valence-electron chi connectivity index (χ0n) is 17.8. The second kappa shape index (κ2) is 11.2. The molecule has 0 N–H and O–H groups in total. The van der Waals surface area contributed by atoms with Crippen LogP contribution in [0.25, 0.3) is 0 Å². The van der Waals surface area contributed by atoms with E-state index in [0.717, 1.165) is 50.6 Å². The van der Waals surface area contributed by atoms with Gasteiger partial charge in [0.2, 0.25) is 0 Å². The molecular formula is C24H31N3O2. The molecule has 0 fully saturated rings. The van der Waals surface area contributed by atoms with E-state index >= 15 is 0 Å². The molecule has 0 saturated carbocycles. The summed E-state index contributed by atoms with van der Waals surface area (Å²) in [4.78, 5) is 28.9. The molecule has 29 heavy (non-hydrogen) atoms. The zero-order valence-corrected chi connectivity index (χ0v) is 17.8. The number of hydrogen-bond acceptors (Lipinski definition) is 4. The molecule has 0 unspecified atom stereocenters. The van der Waals surface area contributed by atoms with Crippen LogP contribution in [0, 0.1) is 11.3 Å². The van der Waals surface area contributed by atoms with Crippen LogP contribution in [0.4, 0.5) is 0 Å². The fourth-order valence-electron chi connectivity index (χ4n) is 3.31. The van der Waals surface area contributed by atoms with Crippen molar-refractivity contribution in [3.8, 4) is 6.07 Å². The maximum atomic E-state index is 12.9. The molecule has 0 bridgehead atoms. The first-order chi connectivity index (χ1) is 14.0. The van der Waals surface area contributed by atoms with Gasteiger partial charge in [-0.1, -0.05) is 45.6 Å². The van der Waals surface area contributed by atoms with Crippen molar-refractivity contribution in [1.29, 1.82) is 5.26 Å². The minimum Gasteiger partial charge on any atom is -0.354 e. The number of rotatable bonds is 9. The van der Waals surface area contributed by atoms with E-state index in [4.69, 9.17) is 0 Å². The Kier molecular flexibility index (Phi) is 8.67. The Hall–Kier alpha value is -2.87. The first-order valence-corrected chi connectivity index (χ1v) is 10.5. The Balaban J connectivity index is 2.20. The van der Waals surface area contributed by atoms with Crippen LogP contribution in [-0.2, 0) is 9.59 Å². The van der Waals surface area contributed by atoms with Gasteiger partial charge in [-0.05, 0) is 49.1 Å². The summed E-state index contributed by atoms with van der Waals surface area (Å²) < 4.78 is 0. The molecule has 0 aromatic heterocycles. The first-order valence-electron chi connectivity index (χ1n) is 10.5. The number of carbonyl (C=O) groups is 2. The number of hydrogen-bond donors (Lipinski definition) is 0. The van der Waals surface area contributed by atoms with Crippen molar-refractivity contribution in [2.24, 2.45) is 0 Å². The topological polar surface area (TPSA) is 64.4 Å². The molecule has 0 aromatic carbocycles. The van der Waals surface area contributed by atoms with Gasteiger partial charge in [0.15, 0.2) is 0 Å². The van der Waals surface area contributed by atoms with E-state index in [9.17, 15) is 14.9 Å².